The highest BCUT2D eigenvalue weighted by Crippen LogP contribution is 1.71. The van der Waals surface area contributed by atoms with Gasteiger partial charge in [0, 0.05) is 0 Å². The van der Waals surface area contributed by atoms with Crippen molar-refractivity contribution in [3.8, 4) is 0 Å². The van der Waals surface area contributed by atoms with Crippen LogP contribution in [0.1, 0.15) is 0 Å². The van der Waals surface area contributed by atoms with Gasteiger partial charge in [-0.2, -0.15) is 0 Å². The fourth-order valence-corrected chi connectivity index (χ4v) is 0.0577. The molecule has 5 heteroatoms. The van der Waals surface area contributed by atoms with E-state index in [0.717, 1.165) is 0 Å². The van der Waals surface area contributed by atoms with Crippen LogP contribution in [-0.4, -0.2) is 34.6 Å². The Labute approximate surface area is 54.1 Å². The molecule has 0 rings (SSSR count). The second-order valence-corrected chi connectivity index (χ2v) is 1.02. The molecule has 0 aliphatic rings. The standard InChI is InChI=1S/C3H8O3.ClH.H3N/c4-1-3(6)2-5;;/h3-6H,1-2H2;1H;1H3. The normalized spacial score (nSPS) is 7.50. The Morgan fingerprint density at radius 2 is 1.38 bits per heavy atom. The fraction of sp³-hybridized carbons (Fsp3) is 1.00. The van der Waals surface area contributed by atoms with Gasteiger partial charge in [0.25, 0.3) is 0 Å². The minimum absolute atomic E-state index is 0. The first-order valence-electron chi connectivity index (χ1n) is 1.71. The van der Waals surface area contributed by atoms with Crippen LogP contribution < -0.4 is 6.15 Å². The maximum Gasteiger partial charge on any atom is 0.100 e. The maximum absolute atomic E-state index is 8.17. The van der Waals surface area contributed by atoms with Crippen molar-refractivity contribution in [1.82, 2.24) is 6.15 Å². The van der Waals surface area contributed by atoms with Crippen LogP contribution in [0.4, 0.5) is 0 Å². The Balaban J connectivity index is -0.000000125. The van der Waals surface area contributed by atoms with Crippen LogP contribution in [0, 0.1) is 0 Å². The number of rotatable bonds is 2. The van der Waals surface area contributed by atoms with Crippen molar-refractivity contribution in [3.63, 3.8) is 0 Å². The summed E-state index contributed by atoms with van der Waals surface area (Å²) in [6, 6.07) is 0. The van der Waals surface area contributed by atoms with E-state index in [1.165, 1.54) is 0 Å². The van der Waals surface area contributed by atoms with Crippen molar-refractivity contribution in [3.05, 3.63) is 0 Å². The smallest absolute Gasteiger partial charge is 0.100 e. The topological polar surface area (TPSA) is 95.7 Å². The lowest BCUT2D eigenvalue weighted by atomic mass is 10.4. The van der Waals surface area contributed by atoms with Gasteiger partial charge in [0.2, 0.25) is 0 Å². The summed E-state index contributed by atoms with van der Waals surface area (Å²) >= 11 is 0. The molecule has 0 bridgehead atoms. The molecule has 6 N–H and O–H groups in total. The van der Waals surface area contributed by atoms with Crippen molar-refractivity contribution in [2.75, 3.05) is 13.2 Å². The molecule has 0 amide bonds. The van der Waals surface area contributed by atoms with Gasteiger partial charge < -0.3 is 21.5 Å². The van der Waals surface area contributed by atoms with Gasteiger partial charge in [0.15, 0.2) is 0 Å². The number of halogens is 1. The summed E-state index contributed by atoms with van der Waals surface area (Å²) in [5, 5.41) is 24.0. The lowest BCUT2D eigenvalue weighted by Gasteiger charge is -1.96. The van der Waals surface area contributed by atoms with E-state index in [0.29, 0.717) is 0 Å². The molecule has 0 aliphatic carbocycles. The predicted molar refractivity (Wildman–Crippen MR) is 32.4 cm³/mol. The van der Waals surface area contributed by atoms with Crippen LogP contribution in [0.5, 0.6) is 0 Å². The van der Waals surface area contributed by atoms with Crippen LogP contribution in [-0.2, 0) is 0 Å². The summed E-state index contributed by atoms with van der Waals surface area (Å²) in [6.45, 7) is -0.729. The fourth-order valence-electron chi connectivity index (χ4n) is 0.0577. The zero-order valence-electron chi connectivity index (χ0n) is 4.45. The molecule has 0 saturated carbocycles. The maximum atomic E-state index is 8.17. The van der Waals surface area contributed by atoms with Gasteiger partial charge >= 0.3 is 0 Å². The Morgan fingerprint density at radius 1 is 1.12 bits per heavy atom. The highest BCUT2D eigenvalue weighted by molar-refractivity contribution is 5.85. The molecular weight excluding hydrogens is 133 g/mol. The molecule has 8 heavy (non-hydrogen) atoms. The van der Waals surface area contributed by atoms with Gasteiger partial charge in [-0.05, 0) is 0 Å². The van der Waals surface area contributed by atoms with Gasteiger partial charge in [-0.3, -0.25) is 0 Å². The predicted octanol–water partition coefficient (Wildman–Crippen LogP) is -1.08. The largest absolute Gasteiger partial charge is 0.394 e. The van der Waals surface area contributed by atoms with Gasteiger partial charge in [-0.1, -0.05) is 0 Å². The molecule has 0 spiro atoms. The molecular formula is C3H12ClNO3. The average molecular weight is 146 g/mol. The molecule has 0 fully saturated rings. The van der Waals surface area contributed by atoms with E-state index in [9.17, 15) is 0 Å². The highest BCUT2D eigenvalue weighted by atomic mass is 35.5. The highest BCUT2D eigenvalue weighted by Gasteiger charge is 1.93. The third-order valence-electron chi connectivity index (χ3n) is 0.421. The summed E-state index contributed by atoms with van der Waals surface area (Å²) in [6.07, 6.45) is -0.954. The molecule has 0 aromatic rings. The lowest BCUT2D eigenvalue weighted by Crippen LogP contribution is -2.15. The number of hydrogen-bond acceptors (Lipinski definition) is 4. The Morgan fingerprint density at radius 3 is 1.38 bits per heavy atom. The minimum atomic E-state index is -0.954. The molecule has 0 heterocycles. The zero-order chi connectivity index (χ0) is 4.99. The Kier molecular flexibility index (Phi) is 20.0. The third kappa shape index (κ3) is 9.46. The third-order valence-corrected chi connectivity index (χ3v) is 0.421. The number of aliphatic hydroxyl groups excluding tert-OH is 3. The number of hydrogen-bond donors (Lipinski definition) is 4. The van der Waals surface area contributed by atoms with Gasteiger partial charge in [0.05, 0.1) is 13.2 Å². The Bertz CT molecular complexity index is 33.7. The molecule has 0 aromatic heterocycles. The molecule has 54 valence electrons. The summed E-state index contributed by atoms with van der Waals surface area (Å²) in [5.74, 6) is 0. The first kappa shape index (κ1) is 15.7. The van der Waals surface area contributed by atoms with Gasteiger partial charge in [0.1, 0.15) is 6.10 Å². The van der Waals surface area contributed by atoms with E-state index in [1.54, 1.807) is 0 Å². The first-order valence-corrected chi connectivity index (χ1v) is 1.71. The summed E-state index contributed by atoms with van der Waals surface area (Å²) in [5.41, 5.74) is 0. The molecule has 0 aliphatic heterocycles. The summed E-state index contributed by atoms with van der Waals surface area (Å²) < 4.78 is 0. The Hall–Kier alpha value is 0.130. The average Bonchev–Trinajstić information content (AvgIpc) is 1.65. The van der Waals surface area contributed by atoms with Crippen molar-refractivity contribution >= 4 is 12.4 Å². The molecule has 0 saturated heterocycles. The van der Waals surface area contributed by atoms with E-state index < -0.39 is 6.10 Å². The van der Waals surface area contributed by atoms with Crippen LogP contribution in [0.25, 0.3) is 0 Å². The van der Waals surface area contributed by atoms with E-state index >= 15 is 0 Å². The van der Waals surface area contributed by atoms with Crippen molar-refractivity contribution in [1.29, 1.82) is 0 Å². The summed E-state index contributed by atoms with van der Waals surface area (Å²) in [4.78, 5) is 0. The molecule has 0 radical (unpaired) electrons. The monoisotopic (exact) mass is 145 g/mol. The minimum Gasteiger partial charge on any atom is -0.394 e. The summed E-state index contributed by atoms with van der Waals surface area (Å²) in [7, 11) is 0. The van der Waals surface area contributed by atoms with Crippen molar-refractivity contribution in [2.24, 2.45) is 0 Å². The van der Waals surface area contributed by atoms with Gasteiger partial charge in [-0.15, -0.1) is 12.4 Å². The quantitative estimate of drug-likeness (QED) is 0.397. The van der Waals surface area contributed by atoms with Crippen LogP contribution >= 0.6 is 12.4 Å². The van der Waals surface area contributed by atoms with Crippen LogP contribution in [0.3, 0.4) is 0 Å². The molecule has 4 nitrogen and oxygen atoms in total. The molecule has 0 unspecified atom stereocenters. The van der Waals surface area contributed by atoms with Crippen LogP contribution in [0.15, 0.2) is 0 Å². The zero-order valence-corrected chi connectivity index (χ0v) is 5.27. The first-order chi connectivity index (χ1) is 2.81. The van der Waals surface area contributed by atoms with Gasteiger partial charge in [-0.25, -0.2) is 0 Å². The van der Waals surface area contributed by atoms with Crippen molar-refractivity contribution in [2.45, 2.75) is 6.10 Å². The lowest BCUT2D eigenvalue weighted by molar-refractivity contribution is 0.0450. The number of aliphatic hydroxyl groups is 3. The molecule has 0 aromatic carbocycles. The van der Waals surface area contributed by atoms with E-state index in [4.69, 9.17) is 15.3 Å². The molecule has 0 atom stereocenters. The second-order valence-electron chi connectivity index (χ2n) is 1.02. The second kappa shape index (κ2) is 10.2. The SMILES string of the molecule is Cl.N.OCC(O)CO. The van der Waals surface area contributed by atoms with Crippen molar-refractivity contribution < 1.29 is 15.3 Å². The van der Waals surface area contributed by atoms with Crippen LogP contribution in [0.2, 0.25) is 0 Å². The van der Waals surface area contributed by atoms with E-state index in [-0.39, 0.29) is 31.8 Å². The van der Waals surface area contributed by atoms with E-state index in [2.05, 4.69) is 0 Å². The van der Waals surface area contributed by atoms with E-state index in [1.807, 2.05) is 0 Å².